The molecule has 0 aliphatic rings. The first-order valence-electron chi connectivity index (χ1n) is 2.33. The number of hydrogen-bond donors (Lipinski definition) is 1. The maximum absolute atomic E-state index is 10.6. The van der Waals surface area contributed by atoms with E-state index in [1.54, 1.807) is 0 Å². The molecule has 1 rings (SSSR count). The van der Waals surface area contributed by atoms with Crippen molar-refractivity contribution in [2.24, 2.45) is 0 Å². The van der Waals surface area contributed by atoms with E-state index in [1.165, 1.54) is 17.4 Å². The van der Waals surface area contributed by atoms with Crippen molar-refractivity contribution >= 4 is 91.1 Å². The molecule has 1 N–H and O–H groups in total. The average molecular weight is 364 g/mol. The molecular weight excluding hydrogens is 360 g/mol. The fraction of sp³-hybridized carbons (Fsp3) is 0. The van der Waals surface area contributed by atoms with E-state index >= 15 is 0 Å². The normalized spacial score (nSPS) is 10.9. The van der Waals surface area contributed by atoms with Crippen LogP contribution in [0.4, 0.5) is 0 Å². The first-order chi connectivity index (χ1) is 4.91. The average Bonchev–Trinajstić information content (AvgIpc) is 2.08. The summed E-state index contributed by atoms with van der Waals surface area (Å²) in [5, 5.41) is 0. The van der Waals surface area contributed by atoms with E-state index in [4.69, 9.17) is 4.55 Å². The molecule has 0 atom stereocenters. The van der Waals surface area contributed by atoms with Crippen molar-refractivity contribution in [3.63, 3.8) is 0 Å². The van der Waals surface area contributed by atoms with Gasteiger partial charge in [-0.05, 0) is 37.9 Å². The second-order valence-corrected chi connectivity index (χ2v) is 6.80. The van der Waals surface area contributed by atoms with Gasteiger partial charge in [0.1, 0.15) is 4.90 Å². The summed E-state index contributed by atoms with van der Waals surface area (Å²) in [4.78, 5) is -0.102. The van der Waals surface area contributed by atoms with Crippen LogP contribution in [-0.2, 0) is 10.1 Å². The van der Waals surface area contributed by atoms with E-state index in [-0.39, 0.29) is 45.5 Å². The Labute approximate surface area is 124 Å². The van der Waals surface area contributed by atoms with E-state index < -0.39 is 10.1 Å². The molecule has 1 heterocycles. The third kappa shape index (κ3) is 3.53. The van der Waals surface area contributed by atoms with Gasteiger partial charge in [0.25, 0.3) is 10.1 Å². The topological polar surface area (TPSA) is 54.4 Å². The summed E-state index contributed by atoms with van der Waals surface area (Å²) in [6.45, 7) is 0. The van der Waals surface area contributed by atoms with Crippen LogP contribution < -0.4 is 0 Å². The number of rotatable bonds is 1. The molecule has 0 fully saturated rings. The van der Waals surface area contributed by atoms with Gasteiger partial charge in [0.15, 0.2) is 0 Å². The van der Waals surface area contributed by atoms with Gasteiger partial charge in [-0.3, -0.25) is 4.55 Å². The molecule has 0 radical (unpaired) electrons. The summed E-state index contributed by atoms with van der Waals surface area (Å²) in [7, 11) is -4.08. The Balaban J connectivity index is -0.000000403. The predicted octanol–water partition coefficient (Wildman–Crippen LogP) is 2.36. The van der Waals surface area contributed by atoms with E-state index in [0.717, 1.165) is 0 Å². The summed E-state index contributed by atoms with van der Waals surface area (Å²) in [6.07, 6.45) is 0. The molecule has 8 heteroatoms. The minimum Gasteiger partial charge on any atom is -1.00 e. The van der Waals surface area contributed by atoms with Crippen molar-refractivity contribution in [3.8, 4) is 0 Å². The van der Waals surface area contributed by atoms with Crippen molar-refractivity contribution < 1.29 is 15.8 Å². The molecule has 66 valence electrons. The van der Waals surface area contributed by atoms with Crippen molar-refractivity contribution in [2.75, 3.05) is 0 Å². The Hall–Kier alpha value is 1.83. The van der Waals surface area contributed by atoms with Crippen LogP contribution in [0.1, 0.15) is 2.85 Å². The van der Waals surface area contributed by atoms with Gasteiger partial charge < -0.3 is 2.85 Å². The zero-order valence-electron chi connectivity index (χ0n) is 7.62. The summed E-state index contributed by atoms with van der Waals surface area (Å²) < 4.78 is 30.8. The van der Waals surface area contributed by atoms with Gasteiger partial charge in [-0.15, -0.1) is 11.3 Å². The fourth-order valence-electron chi connectivity index (χ4n) is 0.501. The molecule has 0 spiro atoms. The van der Waals surface area contributed by atoms with Crippen LogP contribution in [0, 0.1) is 0 Å². The standard InChI is InChI=1S/C4H2Br2O3S2.Ca.2H/c5-3-1-2(4(6)10-3)11(7,8)9;;;/h1H,(H,7,8,9);;;/q;+2;2*-1. The molecule has 0 unspecified atom stereocenters. The van der Waals surface area contributed by atoms with Crippen molar-refractivity contribution in [1.29, 1.82) is 0 Å². The molecule has 0 bridgehead atoms. The maximum Gasteiger partial charge on any atom is 2.00 e. The largest absolute Gasteiger partial charge is 2.00 e. The number of hydrogen-bond acceptors (Lipinski definition) is 3. The van der Waals surface area contributed by atoms with Crippen LogP contribution >= 0.6 is 43.2 Å². The van der Waals surface area contributed by atoms with E-state index in [0.29, 0.717) is 7.57 Å². The van der Waals surface area contributed by atoms with Crippen LogP contribution in [0.3, 0.4) is 0 Å². The van der Waals surface area contributed by atoms with Crippen molar-refractivity contribution in [3.05, 3.63) is 13.6 Å². The van der Waals surface area contributed by atoms with E-state index in [9.17, 15) is 8.42 Å². The van der Waals surface area contributed by atoms with Crippen LogP contribution in [0.5, 0.6) is 0 Å². The van der Waals surface area contributed by atoms with Gasteiger partial charge in [0.05, 0.1) is 7.57 Å². The van der Waals surface area contributed by atoms with Crippen LogP contribution in [0.2, 0.25) is 0 Å². The molecule has 3 nitrogen and oxygen atoms in total. The van der Waals surface area contributed by atoms with Gasteiger partial charge in [-0.1, -0.05) is 0 Å². The predicted molar refractivity (Wildman–Crippen MR) is 57.5 cm³/mol. The molecule has 0 saturated carbocycles. The summed E-state index contributed by atoms with van der Waals surface area (Å²) >= 11 is 7.28. The first kappa shape index (κ1) is 13.8. The minimum atomic E-state index is -4.08. The van der Waals surface area contributed by atoms with Crippen LogP contribution in [0.15, 0.2) is 18.5 Å². The molecule has 1 aromatic heterocycles. The smallest absolute Gasteiger partial charge is 1.00 e. The summed E-state index contributed by atoms with van der Waals surface area (Å²) in [5.74, 6) is 0. The second kappa shape index (κ2) is 5.06. The Kier molecular flexibility index (Phi) is 5.84. The quantitative estimate of drug-likeness (QED) is 0.615. The molecule has 1 aromatic rings. The van der Waals surface area contributed by atoms with Crippen LogP contribution in [0.25, 0.3) is 0 Å². The Morgan fingerprint density at radius 2 is 2.00 bits per heavy atom. The number of thiophene rings is 1. The Bertz CT molecular complexity index is 380. The van der Waals surface area contributed by atoms with Crippen LogP contribution in [-0.4, -0.2) is 50.7 Å². The molecule has 0 aromatic carbocycles. The third-order valence-electron chi connectivity index (χ3n) is 0.903. The van der Waals surface area contributed by atoms with Gasteiger partial charge in [-0.2, -0.15) is 8.42 Å². The minimum absolute atomic E-state index is 0. The fourth-order valence-corrected chi connectivity index (χ4v) is 4.76. The summed E-state index contributed by atoms with van der Waals surface area (Å²) in [5.41, 5.74) is 0. The molecule has 0 aliphatic carbocycles. The van der Waals surface area contributed by atoms with Gasteiger partial charge in [0, 0.05) is 0 Å². The molecule has 0 saturated heterocycles. The zero-order valence-corrected chi connectivity index (χ0v) is 12.6. The maximum atomic E-state index is 10.6. The van der Waals surface area contributed by atoms with Gasteiger partial charge >= 0.3 is 37.7 Å². The third-order valence-corrected chi connectivity index (χ3v) is 4.51. The first-order valence-corrected chi connectivity index (χ1v) is 6.18. The summed E-state index contributed by atoms with van der Waals surface area (Å²) in [6, 6.07) is 1.34. The number of halogens is 2. The Morgan fingerprint density at radius 3 is 2.17 bits per heavy atom. The van der Waals surface area contributed by atoms with E-state index in [1.807, 2.05) is 0 Å². The monoisotopic (exact) mass is 362 g/mol. The molecular formula is C4H4Br2CaO3S2. The van der Waals surface area contributed by atoms with Gasteiger partial charge in [-0.25, -0.2) is 0 Å². The van der Waals surface area contributed by atoms with Crippen molar-refractivity contribution in [2.45, 2.75) is 4.90 Å². The molecule has 0 aliphatic heterocycles. The Morgan fingerprint density at radius 1 is 1.50 bits per heavy atom. The molecule has 12 heavy (non-hydrogen) atoms. The van der Waals surface area contributed by atoms with Crippen molar-refractivity contribution in [1.82, 2.24) is 0 Å². The molecule has 0 amide bonds. The zero-order chi connectivity index (χ0) is 8.65. The second-order valence-electron chi connectivity index (χ2n) is 1.66. The van der Waals surface area contributed by atoms with Gasteiger partial charge in [0.2, 0.25) is 0 Å². The van der Waals surface area contributed by atoms with E-state index in [2.05, 4.69) is 31.9 Å². The SMILES string of the molecule is O=S(=O)(O)c1cc(Br)sc1Br.[Ca+2].[H-].[H-].